The van der Waals surface area contributed by atoms with E-state index in [9.17, 15) is 14.4 Å². The number of carbonyl (C=O) groups excluding carboxylic acids is 3. The molecule has 1 unspecified atom stereocenters. The zero-order valence-corrected chi connectivity index (χ0v) is 21.6. The van der Waals surface area contributed by atoms with Gasteiger partial charge in [-0.25, -0.2) is 9.89 Å². The fourth-order valence-electron chi connectivity index (χ4n) is 3.86. The molecule has 3 amide bonds. The van der Waals surface area contributed by atoms with Gasteiger partial charge in [-0.15, -0.1) is 0 Å². The van der Waals surface area contributed by atoms with E-state index in [1.54, 1.807) is 6.07 Å². The van der Waals surface area contributed by atoms with Crippen LogP contribution < -0.4 is 10.6 Å². The minimum atomic E-state index is -0.664. The van der Waals surface area contributed by atoms with Crippen molar-refractivity contribution in [3.8, 4) is 0 Å². The molecule has 0 aromatic heterocycles. The molecule has 2 aromatic carbocycles. The van der Waals surface area contributed by atoms with E-state index in [-0.39, 0.29) is 29.9 Å². The largest absolute Gasteiger partial charge is 0.356 e. The van der Waals surface area contributed by atoms with E-state index in [0.717, 1.165) is 24.0 Å². The van der Waals surface area contributed by atoms with E-state index < -0.39 is 6.04 Å². The van der Waals surface area contributed by atoms with Crippen LogP contribution in [0.4, 0.5) is 5.69 Å². The molecule has 0 bridgehead atoms. The predicted octanol–water partition coefficient (Wildman–Crippen LogP) is 4.04. The summed E-state index contributed by atoms with van der Waals surface area (Å²) in [4.78, 5) is 48.8. The van der Waals surface area contributed by atoms with Crippen molar-refractivity contribution in [2.75, 3.05) is 12.3 Å². The summed E-state index contributed by atoms with van der Waals surface area (Å²) < 4.78 is 0. The maximum atomic E-state index is 13.3. The molecule has 10 heteroatoms. The Hall–Kier alpha value is -3.17. The lowest BCUT2D eigenvalue weighted by atomic mass is 10.1. The summed E-state index contributed by atoms with van der Waals surface area (Å²) in [5.41, 5.74) is 2.28. The van der Waals surface area contributed by atoms with E-state index in [1.807, 2.05) is 42.5 Å². The lowest BCUT2D eigenvalue weighted by Crippen LogP contribution is -2.41. The van der Waals surface area contributed by atoms with Gasteiger partial charge in [0.05, 0.1) is 11.4 Å². The molecule has 4 rings (SSSR count). The quantitative estimate of drug-likeness (QED) is 0.457. The zero-order valence-electron chi connectivity index (χ0n) is 20.0. The molecular formula is C26H28ClN5O3S. The lowest BCUT2D eigenvalue weighted by Gasteiger charge is -2.25. The summed E-state index contributed by atoms with van der Waals surface area (Å²) in [6.45, 7) is 3.01. The third-order valence-corrected chi connectivity index (χ3v) is 7.12. The predicted molar refractivity (Wildman–Crippen MR) is 144 cm³/mol. The van der Waals surface area contributed by atoms with E-state index in [2.05, 4.69) is 27.5 Å². The summed E-state index contributed by atoms with van der Waals surface area (Å²) >= 11 is 7.34. The third kappa shape index (κ3) is 6.14. The van der Waals surface area contributed by atoms with Crippen LogP contribution in [0, 0.1) is 0 Å². The Morgan fingerprint density at radius 3 is 2.67 bits per heavy atom. The van der Waals surface area contributed by atoms with Crippen molar-refractivity contribution >= 4 is 57.8 Å². The van der Waals surface area contributed by atoms with Gasteiger partial charge in [-0.05, 0) is 36.6 Å². The molecule has 0 aliphatic carbocycles. The van der Waals surface area contributed by atoms with Gasteiger partial charge in [0.2, 0.25) is 11.8 Å². The minimum Gasteiger partial charge on any atom is -0.356 e. The lowest BCUT2D eigenvalue weighted by molar-refractivity contribution is -0.125. The van der Waals surface area contributed by atoms with E-state index in [1.165, 1.54) is 16.7 Å². The number of thioether (sulfide) groups is 1. The molecule has 188 valence electrons. The number of amides is 3. The molecular weight excluding hydrogens is 498 g/mol. The maximum Gasteiger partial charge on any atom is 0.259 e. The average Bonchev–Trinajstić information content (AvgIpc) is 3.22. The zero-order chi connectivity index (χ0) is 25.5. The van der Waals surface area contributed by atoms with Crippen molar-refractivity contribution in [1.82, 2.24) is 15.5 Å². The normalized spacial score (nSPS) is 16.1. The number of nitrogens with one attached hydrogen (secondary N) is 2. The number of amidine groups is 2. The number of benzene rings is 2. The summed E-state index contributed by atoms with van der Waals surface area (Å²) in [5.74, 6) is 0.0733. The van der Waals surface area contributed by atoms with Crippen molar-refractivity contribution in [1.29, 1.82) is 0 Å². The van der Waals surface area contributed by atoms with Crippen molar-refractivity contribution in [3.05, 3.63) is 64.7 Å². The number of para-hydroxylation sites is 1. The molecule has 2 N–H and O–H groups in total. The molecule has 0 spiro atoms. The van der Waals surface area contributed by atoms with Crippen molar-refractivity contribution in [3.63, 3.8) is 0 Å². The summed E-state index contributed by atoms with van der Waals surface area (Å²) in [7, 11) is 0. The number of aliphatic imine (C=N–C) groups is 2. The second-order valence-electron chi connectivity index (χ2n) is 8.45. The Balaban J connectivity index is 1.41. The molecule has 0 radical (unpaired) electrons. The Morgan fingerprint density at radius 1 is 1.08 bits per heavy atom. The number of nitrogens with zero attached hydrogens (tertiary/aromatic N) is 3. The van der Waals surface area contributed by atoms with E-state index in [4.69, 9.17) is 11.6 Å². The molecule has 0 saturated carbocycles. The third-order valence-electron chi connectivity index (χ3n) is 5.81. The SMILES string of the molecule is CCCCNC(=O)CCC1N=C2c3ccccc3N=C(SCC(=O)NCc3ccccc3Cl)N2C1=O. The van der Waals surface area contributed by atoms with E-state index in [0.29, 0.717) is 41.2 Å². The molecule has 2 heterocycles. The monoisotopic (exact) mass is 525 g/mol. The van der Waals surface area contributed by atoms with Crippen molar-refractivity contribution in [2.45, 2.75) is 45.2 Å². The van der Waals surface area contributed by atoms with Crippen LogP contribution in [0.2, 0.25) is 5.02 Å². The molecule has 8 nitrogen and oxygen atoms in total. The van der Waals surface area contributed by atoms with Crippen LogP contribution in [-0.2, 0) is 20.9 Å². The fourth-order valence-corrected chi connectivity index (χ4v) is 4.90. The number of rotatable bonds is 10. The van der Waals surface area contributed by atoms with Gasteiger partial charge in [0, 0.05) is 30.1 Å². The van der Waals surface area contributed by atoms with Crippen LogP contribution in [0.25, 0.3) is 0 Å². The standard InChI is InChI=1S/C26H28ClN5O3S/c1-2-3-14-28-22(33)13-12-21-25(35)32-24(30-21)18-9-5-7-11-20(18)31-26(32)36-16-23(34)29-15-17-8-4-6-10-19(17)27/h4-11,21H,2-3,12-16H2,1H3,(H,28,33)(H,29,34). The topological polar surface area (TPSA) is 103 Å². The summed E-state index contributed by atoms with van der Waals surface area (Å²) in [6.07, 6.45) is 2.46. The smallest absolute Gasteiger partial charge is 0.259 e. The number of halogens is 1. The van der Waals surface area contributed by atoms with Gasteiger partial charge < -0.3 is 10.6 Å². The molecule has 2 aliphatic heterocycles. The number of hydrogen-bond donors (Lipinski definition) is 2. The van der Waals surface area contributed by atoms with Gasteiger partial charge in [-0.3, -0.25) is 19.4 Å². The fraction of sp³-hybridized carbons (Fsp3) is 0.346. The highest BCUT2D eigenvalue weighted by Crippen LogP contribution is 2.34. The maximum absolute atomic E-state index is 13.3. The van der Waals surface area contributed by atoms with Crippen LogP contribution in [0.15, 0.2) is 58.5 Å². The van der Waals surface area contributed by atoms with Crippen molar-refractivity contribution in [2.24, 2.45) is 9.98 Å². The van der Waals surface area contributed by atoms with Gasteiger partial charge in [-0.2, -0.15) is 0 Å². The van der Waals surface area contributed by atoms with Crippen LogP contribution in [-0.4, -0.2) is 52.0 Å². The number of carbonyl (C=O) groups is 3. The van der Waals surface area contributed by atoms with Crippen LogP contribution >= 0.6 is 23.4 Å². The van der Waals surface area contributed by atoms with Crippen LogP contribution in [0.1, 0.15) is 43.7 Å². The molecule has 0 fully saturated rings. The molecule has 0 saturated heterocycles. The van der Waals surface area contributed by atoms with Gasteiger partial charge in [-0.1, -0.05) is 67.0 Å². The highest BCUT2D eigenvalue weighted by molar-refractivity contribution is 8.14. The number of fused-ring (bicyclic) bond motifs is 3. The van der Waals surface area contributed by atoms with E-state index >= 15 is 0 Å². The van der Waals surface area contributed by atoms with Crippen molar-refractivity contribution < 1.29 is 14.4 Å². The minimum absolute atomic E-state index is 0.0764. The Morgan fingerprint density at radius 2 is 1.86 bits per heavy atom. The molecule has 1 atom stereocenters. The Bertz CT molecular complexity index is 1220. The summed E-state index contributed by atoms with van der Waals surface area (Å²) in [5, 5.41) is 6.72. The number of hydrogen-bond acceptors (Lipinski definition) is 6. The van der Waals surface area contributed by atoms with Gasteiger partial charge >= 0.3 is 0 Å². The first kappa shape index (κ1) is 25.9. The first-order valence-electron chi connectivity index (χ1n) is 12.0. The van der Waals surface area contributed by atoms with Gasteiger partial charge in [0.25, 0.3) is 5.91 Å². The van der Waals surface area contributed by atoms with Gasteiger partial charge in [0.1, 0.15) is 11.9 Å². The molecule has 2 aromatic rings. The first-order valence-corrected chi connectivity index (χ1v) is 13.3. The second-order valence-corrected chi connectivity index (χ2v) is 9.80. The van der Waals surface area contributed by atoms with Crippen LogP contribution in [0.5, 0.6) is 0 Å². The summed E-state index contributed by atoms with van der Waals surface area (Å²) in [6, 6.07) is 14.1. The van der Waals surface area contributed by atoms with Gasteiger partial charge in [0.15, 0.2) is 5.17 Å². The average molecular weight is 526 g/mol. The van der Waals surface area contributed by atoms with Crippen LogP contribution in [0.3, 0.4) is 0 Å². The first-order chi connectivity index (χ1) is 17.5. The molecule has 36 heavy (non-hydrogen) atoms. The molecule has 2 aliphatic rings. The Labute approximate surface area is 219 Å². The Kier molecular flexibility index (Phi) is 8.77. The highest BCUT2D eigenvalue weighted by atomic mass is 35.5. The number of unbranched alkanes of at least 4 members (excludes halogenated alkanes) is 1. The highest BCUT2D eigenvalue weighted by Gasteiger charge is 2.41. The second kappa shape index (κ2) is 12.2.